The average Bonchev–Trinajstić information content (AvgIpc) is 2.79. The zero-order valence-corrected chi connectivity index (χ0v) is 19.4. The summed E-state index contributed by atoms with van der Waals surface area (Å²) in [5.74, 6) is -0.480. The Labute approximate surface area is 194 Å². The molecular weight excluding hydrogens is 425 g/mol. The molecule has 1 heterocycles. The van der Waals surface area contributed by atoms with Gasteiger partial charge in [-0.05, 0) is 56.2 Å². The summed E-state index contributed by atoms with van der Waals surface area (Å²) in [7, 11) is 0. The van der Waals surface area contributed by atoms with Crippen LogP contribution in [-0.4, -0.2) is 55.3 Å². The van der Waals surface area contributed by atoms with Gasteiger partial charge in [0.05, 0.1) is 19.3 Å². The third-order valence-electron chi connectivity index (χ3n) is 5.25. The predicted molar refractivity (Wildman–Crippen MR) is 123 cm³/mol. The van der Waals surface area contributed by atoms with Gasteiger partial charge in [0.25, 0.3) is 5.91 Å². The van der Waals surface area contributed by atoms with Crippen molar-refractivity contribution >= 4 is 12.0 Å². The molecule has 3 rings (SSSR count). The number of hydrogen-bond donors (Lipinski definition) is 2. The summed E-state index contributed by atoms with van der Waals surface area (Å²) in [6.07, 6.45) is -0.487. The lowest BCUT2D eigenvalue weighted by Crippen LogP contribution is -2.43. The van der Waals surface area contributed by atoms with Crippen LogP contribution in [0.5, 0.6) is 0 Å². The summed E-state index contributed by atoms with van der Waals surface area (Å²) < 4.78 is 24.1. The first-order valence-corrected chi connectivity index (χ1v) is 11.1. The maximum Gasteiger partial charge on any atom is 0.407 e. The van der Waals surface area contributed by atoms with Crippen LogP contribution in [0.2, 0.25) is 0 Å². The number of hydrogen-bond acceptors (Lipinski definition) is 5. The Morgan fingerprint density at radius 3 is 2.27 bits per heavy atom. The van der Waals surface area contributed by atoms with Crippen molar-refractivity contribution in [3.63, 3.8) is 0 Å². The highest BCUT2D eigenvalue weighted by atomic mass is 19.1. The topological polar surface area (TPSA) is 79.9 Å². The Balaban J connectivity index is 1.57. The molecule has 1 saturated heterocycles. The first-order chi connectivity index (χ1) is 15.7. The number of alkyl carbamates (subject to hydrolysis) is 1. The predicted octanol–water partition coefficient (Wildman–Crippen LogP) is 3.65. The number of amides is 2. The zero-order valence-electron chi connectivity index (χ0n) is 19.4. The van der Waals surface area contributed by atoms with Crippen LogP contribution in [0.15, 0.2) is 48.5 Å². The minimum absolute atomic E-state index is 0.0734. The largest absolute Gasteiger partial charge is 0.444 e. The van der Waals surface area contributed by atoms with Crippen molar-refractivity contribution in [2.24, 2.45) is 0 Å². The lowest BCUT2D eigenvalue weighted by Gasteiger charge is -2.35. The van der Waals surface area contributed by atoms with Crippen molar-refractivity contribution in [2.45, 2.75) is 39.0 Å². The van der Waals surface area contributed by atoms with E-state index in [4.69, 9.17) is 9.47 Å². The first kappa shape index (κ1) is 24.7. The molecule has 2 aromatic carbocycles. The summed E-state index contributed by atoms with van der Waals surface area (Å²) >= 11 is 0. The number of morpholine rings is 1. The molecule has 1 unspecified atom stereocenters. The fourth-order valence-electron chi connectivity index (χ4n) is 3.59. The van der Waals surface area contributed by atoms with Gasteiger partial charge in [0.2, 0.25) is 0 Å². The molecule has 1 aliphatic heterocycles. The van der Waals surface area contributed by atoms with E-state index in [1.807, 2.05) is 0 Å². The third-order valence-corrected chi connectivity index (χ3v) is 5.25. The fraction of sp³-hybridized carbons (Fsp3) is 0.440. The van der Waals surface area contributed by atoms with E-state index < -0.39 is 11.7 Å². The molecule has 0 bridgehead atoms. The van der Waals surface area contributed by atoms with Gasteiger partial charge in [-0.15, -0.1) is 0 Å². The minimum Gasteiger partial charge on any atom is -0.444 e. The van der Waals surface area contributed by atoms with Crippen LogP contribution in [0, 0.1) is 5.82 Å². The Morgan fingerprint density at radius 1 is 1.03 bits per heavy atom. The second-order valence-electron chi connectivity index (χ2n) is 8.98. The smallest absolute Gasteiger partial charge is 0.407 e. The maximum atomic E-state index is 13.4. The van der Waals surface area contributed by atoms with Crippen LogP contribution in [0.4, 0.5) is 9.18 Å². The molecule has 2 aromatic rings. The summed E-state index contributed by atoms with van der Waals surface area (Å²) in [4.78, 5) is 26.8. The number of carbonyl (C=O) groups excluding carboxylic acids is 2. The quantitative estimate of drug-likeness (QED) is 0.664. The van der Waals surface area contributed by atoms with Gasteiger partial charge < -0.3 is 20.1 Å². The molecule has 0 aliphatic carbocycles. The van der Waals surface area contributed by atoms with E-state index in [0.717, 1.165) is 24.2 Å². The summed E-state index contributed by atoms with van der Waals surface area (Å²) in [6, 6.07) is 13.4. The van der Waals surface area contributed by atoms with Crippen molar-refractivity contribution < 1.29 is 23.5 Å². The second-order valence-corrected chi connectivity index (χ2v) is 8.98. The van der Waals surface area contributed by atoms with Crippen LogP contribution in [0.25, 0.3) is 0 Å². The molecule has 7 nitrogen and oxygen atoms in total. The zero-order chi connectivity index (χ0) is 23.8. The lowest BCUT2D eigenvalue weighted by atomic mass is 10.0. The highest BCUT2D eigenvalue weighted by molar-refractivity contribution is 5.94. The number of halogens is 1. The van der Waals surface area contributed by atoms with Gasteiger partial charge in [-0.3, -0.25) is 9.69 Å². The number of nitrogens with zero attached hydrogens (tertiary/aromatic N) is 1. The van der Waals surface area contributed by atoms with Crippen molar-refractivity contribution in [1.82, 2.24) is 15.5 Å². The summed E-state index contributed by atoms with van der Waals surface area (Å²) in [5, 5.41) is 5.70. The molecule has 178 valence electrons. The monoisotopic (exact) mass is 457 g/mol. The molecule has 0 aromatic heterocycles. The average molecular weight is 458 g/mol. The van der Waals surface area contributed by atoms with E-state index >= 15 is 0 Å². The number of benzene rings is 2. The third kappa shape index (κ3) is 7.83. The molecule has 33 heavy (non-hydrogen) atoms. The number of rotatable bonds is 7. The Kier molecular flexibility index (Phi) is 8.41. The van der Waals surface area contributed by atoms with E-state index in [1.165, 1.54) is 12.1 Å². The molecule has 0 spiro atoms. The molecular formula is C25H32FN3O4. The first-order valence-electron chi connectivity index (χ1n) is 11.1. The van der Waals surface area contributed by atoms with Gasteiger partial charge in [-0.1, -0.05) is 24.3 Å². The molecule has 8 heteroatoms. The van der Waals surface area contributed by atoms with E-state index in [9.17, 15) is 14.0 Å². The molecule has 2 amide bonds. The van der Waals surface area contributed by atoms with Crippen LogP contribution < -0.4 is 10.6 Å². The molecule has 1 aliphatic rings. The van der Waals surface area contributed by atoms with Crippen molar-refractivity contribution in [3.05, 3.63) is 71.0 Å². The molecule has 1 atom stereocenters. The van der Waals surface area contributed by atoms with Crippen LogP contribution in [0.3, 0.4) is 0 Å². The van der Waals surface area contributed by atoms with E-state index in [0.29, 0.717) is 31.9 Å². The van der Waals surface area contributed by atoms with Gasteiger partial charge in [0.1, 0.15) is 11.4 Å². The molecule has 0 radical (unpaired) electrons. The SMILES string of the molecule is CC(C)(C)OC(=O)NCc1ccc(C(=O)NCC(c2ccc(F)cc2)N2CCOCC2)cc1. The fourth-order valence-corrected chi connectivity index (χ4v) is 3.59. The Hall–Kier alpha value is -2.97. The molecule has 2 N–H and O–H groups in total. The Morgan fingerprint density at radius 2 is 1.67 bits per heavy atom. The summed E-state index contributed by atoms with van der Waals surface area (Å²) in [5.41, 5.74) is 1.77. The van der Waals surface area contributed by atoms with Crippen molar-refractivity contribution in [3.8, 4) is 0 Å². The molecule has 0 saturated carbocycles. The van der Waals surface area contributed by atoms with Gasteiger partial charge in [-0.25, -0.2) is 9.18 Å². The number of carbonyl (C=O) groups is 2. The second kappa shape index (κ2) is 11.2. The summed E-state index contributed by atoms with van der Waals surface area (Å²) in [6.45, 7) is 8.87. The number of nitrogens with one attached hydrogen (secondary N) is 2. The van der Waals surface area contributed by atoms with Gasteiger partial charge in [0.15, 0.2) is 0 Å². The normalized spacial score (nSPS) is 15.5. The van der Waals surface area contributed by atoms with E-state index in [2.05, 4.69) is 15.5 Å². The van der Waals surface area contributed by atoms with Crippen LogP contribution >= 0.6 is 0 Å². The van der Waals surface area contributed by atoms with Gasteiger partial charge in [-0.2, -0.15) is 0 Å². The van der Waals surface area contributed by atoms with Gasteiger partial charge in [0, 0.05) is 31.7 Å². The van der Waals surface area contributed by atoms with E-state index in [-0.39, 0.29) is 17.8 Å². The van der Waals surface area contributed by atoms with Crippen molar-refractivity contribution in [1.29, 1.82) is 0 Å². The lowest BCUT2D eigenvalue weighted by molar-refractivity contribution is 0.0162. The highest BCUT2D eigenvalue weighted by Gasteiger charge is 2.23. The highest BCUT2D eigenvalue weighted by Crippen LogP contribution is 2.22. The minimum atomic E-state index is -0.557. The van der Waals surface area contributed by atoms with Crippen LogP contribution in [0.1, 0.15) is 48.3 Å². The van der Waals surface area contributed by atoms with E-state index in [1.54, 1.807) is 57.2 Å². The number of ether oxygens (including phenoxy) is 2. The van der Waals surface area contributed by atoms with Gasteiger partial charge >= 0.3 is 6.09 Å². The van der Waals surface area contributed by atoms with Crippen LogP contribution in [-0.2, 0) is 16.0 Å². The standard InChI is InChI=1S/C25H32FN3O4/c1-25(2,3)33-24(31)28-16-18-4-6-20(7-5-18)23(30)27-17-22(29-12-14-32-15-13-29)19-8-10-21(26)11-9-19/h4-11,22H,12-17H2,1-3H3,(H,27,30)(H,28,31). The maximum absolute atomic E-state index is 13.4. The molecule has 1 fully saturated rings. The van der Waals surface area contributed by atoms with Crippen molar-refractivity contribution in [2.75, 3.05) is 32.8 Å². The Bertz CT molecular complexity index is 920.